The van der Waals surface area contributed by atoms with Gasteiger partial charge in [-0.05, 0) is 19.1 Å². The third-order valence-corrected chi connectivity index (χ3v) is 3.45. The average molecular weight is 283 g/mol. The summed E-state index contributed by atoms with van der Waals surface area (Å²) in [5.41, 5.74) is 1.14. The van der Waals surface area contributed by atoms with Crippen LogP contribution in [0.2, 0.25) is 0 Å². The molecule has 0 unspecified atom stereocenters. The van der Waals surface area contributed by atoms with Gasteiger partial charge in [0, 0.05) is 17.9 Å². The number of carboxylic acids is 1. The van der Waals surface area contributed by atoms with Crippen LogP contribution in [0.25, 0.3) is 0 Å². The number of hydrogen-bond acceptors (Lipinski definition) is 4. The molecule has 0 aliphatic heterocycles. The Labute approximate surface area is 116 Å². The number of aliphatic hydroxyl groups is 1. The number of thioether (sulfide) groups is 1. The van der Waals surface area contributed by atoms with Crippen LogP contribution in [-0.4, -0.2) is 40.5 Å². The van der Waals surface area contributed by atoms with Crippen molar-refractivity contribution in [1.82, 2.24) is 5.32 Å². The van der Waals surface area contributed by atoms with Gasteiger partial charge in [0.2, 0.25) is 5.91 Å². The van der Waals surface area contributed by atoms with Crippen molar-refractivity contribution >= 4 is 23.6 Å². The number of rotatable bonds is 7. The second-order valence-corrected chi connectivity index (χ2v) is 5.12. The number of carbonyl (C=O) groups is 2. The van der Waals surface area contributed by atoms with Crippen molar-refractivity contribution < 1.29 is 19.8 Å². The van der Waals surface area contributed by atoms with Gasteiger partial charge in [-0.15, -0.1) is 11.8 Å². The Bertz CT molecular complexity index is 433. The first-order valence-electron chi connectivity index (χ1n) is 5.85. The minimum Gasteiger partial charge on any atom is -0.480 e. The molecule has 0 bridgehead atoms. The zero-order valence-corrected chi connectivity index (χ0v) is 11.4. The van der Waals surface area contributed by atoms with Crippen LogP contribution in [0.3, 0.4) is 0 Å². The fraction of sp³-hybridized carbons (Fsp3) is 0.385. The topological polar surface area (TPSA) is 86.6 Å². The first-order chi connectivity index (χ1) is 9.02. The van der Waals surface area contributed by atoms with Crippen molar-refractivity contribution in [3.05, 3.63) is 29.8 Å². The molecule has 1 aromatic rings. The number of nitrogens with one attached hydrogen (secondary N) is 1. The average Bonchev–Trinajstić information content (AvgIpc) is 2.37. The van der Waals surface area contributed by atoms with Crippen LogP contribution in [0.1, 0.15) is 12.0 Å². The number of benzene rings is 1. The molecule has 0 heterocycles. The Hall–Kier alpha value is -1.53. The molecule has 1 rings (SSSR count). The van der Waals surface area contributed by atoms with E-state index in [4.69, 9.17) is 10.2 Å². The minimum atomic E-state index is -1.14. The van der Waals surface area contributed by atoms with Gasteiger partial charge >= 0.3 is 5.97 Å². The standard InChI is InChI=1S/C13H17NO4S/c1-9-2-4-10(5-3-9)19-8-12(16)14-11(6-7-15)13(17)18/h2-5,11,15H,6-8H2,1H3,(H,14,16)(H,17,18)/t11-/m1/s1. The number of carboxylic acid groups (broad SMARTS) is 1. The maximum absolute atomic E-state index is 11.6. The third-order valence-electron chi connectivity index (χ3n) is 2.44. The maximum atomic E-state index is 11.6. The molecule has 0 fully saturated rings. The van der Waals surface area contributed by atoms with Crippen LogP contribution >= 0.6 is 11.8 Å². The largest absolute Gasteiger partial charge is 0.480 e. The quantitative estimate of drug-likeness (QED) is 0.651. The van der Waals surface area contributed by atoms with E-state index in [0.717, 1.165) is 10.5 Å². The van der Waals surface area contributed by atoms with Gasteiger partial charge < -0.3 is 15.5 Å². The van der Waals surface area contributed by atoms with E-state index in [2.05, 4.69) is 5.32 Å². The molecular weight excluding hydrogens is 266 g/mol. The van der Waals surface area contributed by atoms with Gasteiger partial charge in [-0.1, -0.05) is 17.7 Å². The fourth-order valence-corrected chi connectivity index (χ4v) is 2.12. The van der Waals surface area contributed by atoms with Gasteiger partial charge in [-0.3, -0.25) is 4.79 Å². The van der Waals surface area contributed by atoms with Gasteiger partial charge in [-0.2, -0.15) is 0 Å². The summed E-state index contributed by atoms with van der Waals surface area (Å²) < 4.78 is 0. The summed E-state index contributed by atoms with van der Waals surface area (Å²) in [5.74, 6) is -1.34. The molecule has 0 aromatic heterocycles. The molecule has 5 nitrogen and oxygen atoms in total. The molecule has 0 spiro atoms. The summed E-state index contributed by atoms with van der Waals surface area (Å²) in [6.45, 7) is 1.70. The zero-order valence-electron chi connectivity index (χ0n) is 10.6. The lowest BCUT2D eigenvalue weighted by molar-refractivity contribution is -0.141. The summed E-state index contributed by atoms with van der Waals surface area (Å²) >= 11 is 1.34. The van der Waals surface area contributed by atoms with Crippen LogP contribution in [0.5, 0.6) is 0 Å². The Morgan fingerprint density at radius 1 is 1.32 bits per heavy atom. The molecule has 0 aliphatic carbocycles. The number of hydrogen-bond donors (Lipinski definition) is 3. The lowest BCUT2D eigenvalue weighted by atomic mass is 10.2. The van der Waals surface area contributed by atoms with Crippen LogP contribution in [0, 0.1) is 6.92 Å². The summed E-state index contributed by atoms with van der Waals surface area (Å²) in [5, 5.41) is 19.9. The van der Waals surface area contributed by atoms with Crippen molar-refractivity contribution in [2.75, 3.05) is 12.4 Å². The highest BCUT2D eigenvalue weighted by molar-refractivity contribution is 8.00. The van der Waals surface area contributed by atoms with Crippen LogP contribution < -0.4 is 5.32 Å². The van der Waals surface area contributed by atoms with E-state index in [9.17, 15) is 9.59 Å². The van der Waals surface area contributed by atoms with Crippen molar-refractivity contribution in [3.63, 3.8) is 0 Å². The zero-order chi connectivity index (χ0) is 14.3. The van der Waals surface area contributed by atoms with Crippen LogP contribution in [0.4, 0.5) is 0 Å². The van der Waals surface area contributed by atoms with E-state index in [-0.39, 0.29) is 24.7 Å². The monoisotopic (exact) mass is 283 g/mol. The van der Waals surface area contributed by atoms with Crippen LogP contribution in [-0.2, 0) is 9.59 Å². The summed E-state index contributed by atoms with van der Waals surface area (Å²) in [7, 11) is 0. The Kier molecular flexibility index (Phi) is 6.38. The van der Waals surface area contributed by atoms with Crippen molar-refractivity contribution in [2.24, 2.45) is 0 Å². The Morgan fingerprint density at radius 2 is 1.95 bits per heavy atom. The van der Waals surface area contributed by atoms with E-state index in [1.54, 1.807) is 0 Å². The van der Waals surface area contributed by atoms with Gasteiger partial charge in [0.25, 0.3) is 0 Å². The Morgan fingerprint density at radius 3 is 2.47 bits per heavy atom. The van der Waals surface area contributed by atoms with E-state index in [1.807, 2.05) is 31.2 Å². The summed E-state index contributed by atoms with van der Waals surface area (Å²) in [6.07, 6.45) is 0.0102. The minimum absolute atomic E-state index is 0.0102. The smallest absolute Gasteiger partial charge is 0.326 e. The van der Waals surface area contributed by atoms with E-state index in [1.165, 1.54) is 11.8 Å². The molecule has 19 heavy (non-hydrogen) atoms. The predicted octanol–water partition coefficient (Wildman–Crippen LogP) is 1.04. The van der Waals surface area contributed by atoms with E-state index < -0.39 is 12.0 Å². The summed E-state index contributed by atoms with van der Waals surface area (Å²) in [4.78, 5) is 23.4. The number of carbonyl (C=O) groups excluding carboxylic acids is 1. The normalized spacial score (nSPS) is 11.9. The molecule has 0 saturated heterocycles. The van der Waals surface area contributed by atoms with E-state index in [0.29, 0.717) is 0 Å². The Balaban J connectivity index is 2.42. The third kappa shape index (κ3) is 5.76. The van der Waals surface area contributed by atoms with Gasteiger partial charge in [0.1, 0.15) is 6.04 Å². The highest BCUT2D eigenvalue weighted by Crippen LogP contribution is 2.17. The molecule has 104 valence electrons. The van der Waals surface area contributed by atoms with Crippen molar-refractivity contribution in [1.29, 1.82) is 0 Å². The fourth-order valence-electron chi connectivity index (χ4n) is 1.41. The van der Waals surface area contributed by atoms with Crippen molar-refractivity contribution in [3.8, 4) is 0 Å². The molecule has 6 heteroatoms. The maximum Gasteiger partial charge on any atom is 0.326 e. The second-order valence-electron chi connectivity index (χ2n) is 4.07. The second kappa shape index (κ2) is 7.81. The van der Waals surface area contributed by atoms with E-state index >= 15 is 0 Å². The molecule has 0 saturated carbocycles. The first-order valence-corrected chi connectivity index (χ1v) is 6.84. The lowest BCUT2D eigenvalue weighted by Gasteiger charge is -2.12. The SMILES string of the molecule is Cc1ccc(SCC(=O)N[C@H](CCO)C(=O)O)cc1. The van der Waals surface area contributed by atoms with Crippen molar-refractivity contribution in [2.45, 2.75) is 24.3 Å². The molecule has 0 radical (unpaired) electrons. The summed E-state index contributed by atoms with van der Waals surface area (Å²) in [6, 6.07) is 6.69. The number of amides is 1. The van der Waals surface area contributed by atoms with Gasteiger partial charge in [0.05, 0.1) is 5.75 Å². The molecule has 0 aliphatic rings. The molecule has 1 amide bonds. The predicted molar refractivity (Wildman–Crippen MR) is 73.2 cm³/mol. The highest BCUT2D eigenvalue weighted by atomic mass is 32.2. The molecule has 3 N–H and O–H groups in total. The van der Waals surface area contributed by atoms with Gasteiger partial charge in [0.15, 0.2) is 0 Å². The number of aliphatic carboxylic acids is 1. The molecule has 1 atom stereocenters. The molecular formula is C13H17NO4S. The van der Waals surface area contributed by atoms with Crippen LogP contribution in [0.15, 0.2) is 29.2 Å². The molecule has 1 aromatic carbocycles. The number of aliphatic hydroxyl groups excluding tert-OH is 1. The highest BCUT2D eigenvalue weighted by Gasteiger charge is 2.18. The lowest BCUT2D eigenvalue weighted by Crippen LogP contribution is -2.42. The van der Waals surface area contributed by atoms with Gasteiger partial charge in [-0.25, -0.2) is 4.79 Å². The first kappa shape index (κ1) is 15.5. The number of aryl methyl sites for hydroxylation is 1.